The number of amides is 1. The number of hydrogen-bond acceptors (Lipinski definition) is 4. The molecule has 0 unspecified atom stereocenters. The molecule has 0 spiro atoms. The second-order valence-electron chi connectivity index (χ2n) is 4.00. The van der Waals surface area contributed by atoms with Crippen LogP contribution in [0, 0.1) is 0 Å². The molecule has 1 aromatic carbocycles. The monoisotopic (exact) mass is 280 g/mol. The molecule has 7 heteroatoms. The molecular formula is C12H13ClN4O2. The lowest BCUT2D eigenvalue weighted by Gasteiger charge is -2.06. The van der Waals surface area contributed by atoms with Crippen molar-refractivity contribution >= 4 is 23.3 Å². The fraction of sp³-hybridized carbons (Fsp3) is 0.167. The molecule has 2 aromatic rings. The number of hydrogen-bond donors (Lipinski definition) is 3. The lowest BCUT2D eigenvalue weighted by molar-refractivity contribution is 0.102. The summed E-state index contributed by atoms with van der Waals surface area (Å²) < 4.78 is 1.56. The molecule has 4 N–H and O–H groups in total. The fourth-order valence-electron chi connectivity index (χ4n) is 1.65. The van der Waals surface area contributed by atoms with Crippen LogP contribution in [-0.4, -0.2) is 20.8 Å². The first-order chi connectivity index (χ1) is 9.01. The van der Waals surface area contributed by atoms with E-state index in [9.17, 15) is 9.90 Å². The van der Waals surface area contributed by atoms with Crippen molar-refractivity contribution in [1.29, 1.82) is 0 Å². The quantitative estimate of drug-likeness (QED) is 0.794. The molecule has 0 radical (unpaired) electrons. The average Bonchev–Trinajstić information content (AvgIpc) is 2.72. The number of nitrogens with zero attached hydrogens (tertiary/aromatic N) is 2. The number of carbonyl (C=O) groups excluding carboxylic acids is 1. The van der Waals surface area contributed by atoms with Gasteiger partial charge in [0, 0.05) is 25.4 Å². The average molecular weight is 281 g/mol. The van der Waals surface area contributed by atoms with Crippen molar-refractivity contribution in [2.45, 2.75) is 6.54 Å². The molecule has 0 fully saturated rings. The van der Waals surface area contributed by atoms with Gasteiger partial charge in [0.25, 0.3) is 5.91 Å². The summed E-state index contributed by atoms with van der Waals surface area (Å²) in [7, 11) is 1.73. The molecule has 0 aliphatic heterocycles. The predicted octanol–water partition coefficient (Wildman–Crippen LogP) is 1.49. The van der Waals surface area contributed by atoms with E-state index < -0.39 is 5.91 Å². The van der Waals surface area contributed by atoms with E-state index in [1.165, 1.54) is 18.2 Å². The maximum Gasteiger partial charge on any atom is 0.258 e. The Bertz CT molecular complexity index is 624. The molecule has 19 heavy (non-hydrogen) atoms. The van der Waals surface area contributed by atoms with E-state index in [-0.39, 0.29) is 22.9 Å². The highest BCUT2D eigenvalue weighted by Gasteiger charge is 2.15. The number of nitrogens with two attached hydrogens (primary N) is 1. The van der Waals surface area contributed by atoms with Crippen LogP contribution in [0.5, 0.6) is 5.75 Å². The number of phenols is 1. The third kappa shape index (κ3) is 2.86. The molecule has 0 atom stereocenters. The van der Waals surface area contributed by atoms with Crippen molar-refractivity contribution in [1.82, 2.24) is 9.78 Å². The summed E-state index contributed by atoms with van der Waals surface area (Å²) in [5.41, 5.74) is 6.45. The molecule has 0 saturated carbocycles. The van der Waals surface area contributed by atoms with Crippen LogP contribution in [0.3, 0.4) is 0 Å². The van der Waals surface area contributed by atoms with Gasteiger partial charge >= 0.3 is 0 Å². The van der Waals surface area contributed by atoms with Crippen LogP contribution in [0.25, 0.3) is 0 Å². The van der Waals surface area contributed by atoms with Gasteiger partial charge in [-0.15, -0.1) is 0 Å². The van der Waals surface area contributed by atoms with Crippen molar-refractivity contribution in [2.24, 2.45) is 12.8 Å². The van der Waals surface area contributed by atoms with E-state index >= 15 is 0 Å². The smallest absolute Gasteiger partial charge is 0.258 e. The fourth-order valence-corrected chi connectivity index (χ4v) is 1.86. The standard InChI is InChI=1S/C12H13ClN4O2/c1-17-6-7(5-14)11(16-17)15-12(19)9-4-8(18)2-3-10(9)13/h2-4,6,18H,5,14H2,1H3,(H,15,16,19). The third-order valence-electron chi connectivity index (χ3n) is 2.55. The highest BCUT2D eigenvalue weighted by molar-refractivity contribution is 6.34. The molecule has 0 aliphatic rings. The van der Waals surface area contributed by atoms with Crippen LogP contribution < -0.4 is 11.1 Å². The minimum absolute atomic E-state index is 0.0328. The molecule has 2 rings (SSSR count). The Morgan fingerprint density at radius 1 is 1.58 bits per heavy atom. The summed E-state index contributed by atoms with van der Waals surface area (Å²) in [4.78, 5) is 12.1. The zero-order valence-electron chi connectivity index (χ0n) is 10.2. The molecular weight excluding hydrogens is 268 g/mol. The summed E-state index contributed by atoms with van der Waals surface area (Å²) >= 11 is 5.91. The Kier molecular flexibility index (Phi) is 3.73. The van der Waals surface area contributed by atoms with Gasteiger partial charge in [0.15, 0.2) is 5.82 Å². The number of rotatable bonds is 3. The first-order valence-electron chi connectivity index (χ1n) is 5.53. The van der Waals surface area contributed by atoms with Gasteiger partial charge in [-0.2, -0.15) is 5.10 Å². The van der Waals surface area contributed by atoms with Gasteiger partial charge < -0.3 is 16.2 Å². The first-order valence-corrected chi connectivity index (χ1v) is 5.91. The van der Waals surface area contributed by atoms with Crippen molar-refractivity contribution < 1.29 is 9.90 Å². The van der Waals surface area contributed by atoms with Gasteiger partial charge in [-0.05, 0) is 18.2 Å². The van der Waals surface area contributed by atoms with Crippen LogP contribution in [0.2, 0.25) is 5.02 Å². The predicted molar refractivity (Wildman–Crippen MR) is 72.2 cm³/mol. The van der Waals surface area contributed by atoms with E-state index in [2.05, 4.69) is 10.4 Å². The van der Waals surface area contributed by atoms with Crippen LogP contribution in [-0.2, 0) is 13.6 Å². The second kappa shape index (κ2) is 5.29. The van der Waals surface area contributed by atoms with E-state index in [1.807, 2.05) is 0 Å². The van der Waals surface area contributed by atoms with Crippen molar-refractivity contribution in [3.8, 4) is 5.75 Å². The number of benzene rings is 1. The molecule has 1 amide bonds. The maximum atomic E-state index is 12.1. The van der Waals surface area contributed by atoms with Gasteiger partial charge in [-0.3, -0.25) is 9.48 Å². The van der Waals surface area contributed by atoms with E-state index in [1.54, 1.807) is 17.9 Å². The summed E-state index contributed by atoms with van der Waals surface area (Å²) in [5, 5.41) is 16.3. The number of aryl methyl sites for hydroxylation is 1. The van der Waals surface area contributed by atoms with Gasteiger partial charge in [0.05, 0.1) is 10.6 Å². The van der Waals surface area contributed by atoms with Gasteiger partial charge in [-0.25, -0.2) is 0 Å². The molecule has 100 valence electrons. The number of phenolic OH excluding ortho intramolecular Hbond substituents is 1. The Labute approximate surface area is 114 Å². The molecule has 1 aromatic heterocycles. The Hall–Kier alpha value is -2.05. The van der Waals surface area contributed by atoms with Crippen molar-refractivity contribution in [3.05, 3.63) is 40.5 Å². The number of nitrogens with one attached hydrogen (secondary N) is 1. The lowest BCUT2D eigenvalue weighted by atomic mass is 10.2. The van der Waals surface area contributed by atoms with Crippen molar-refractivity contribution in [3.63, 3.8) is 0 Å². The minimum atomic E-state index is -0.450. The normalized spacial score (nSPS) is 10.5. The highest BCUT2D eigenvalue weighted by Crippen LogP contribution is 2.22. The van der Waals surface area contributed by atoms with Gasteiger partial charge in [-0.1, -0.05) is 11.6 Å². The number of halogens is 1. The van der Waals surface area contributed by atoms with Crippen LogP contribution in [0.4, 0.5) is 5.82 Å². The Morgan fingerprint density at radius 3 is 3.00 bits per heavy atom. The summed E-state index contributed by atoms with van der Waals surface area (Å²) in [6.45, 7) is 0.261. The minimum Gasteiger partial charge on any atom is -0.508 e. The third-order valence-corrected chi connectivity index (χ3v) is 2.88. The summed E-state index contributed by atoms with van der Waals surface area (Å²) in [6, 6.07) is 4.15. The molecule has 0 aliphatic carbocycles. The second-order valence-corrected chi connectivity index (χ2v) is 4.41. The zero-order chi connectivity index (χ0) is 14.0. The van der Waals surface area contributed by atoms with E-state index in [0.29, 0.717) is 11.4 Å². The summed E-state index contributed by atoms with van der Waals surface area (Å²) in [5.74, 6) is -0.0988. The van der Waals surface area contributed by atoms with Crippen molar-refractivity contribution in [2.75, 3.05) is 5.32 Å². The molecule has 6 nitrogen and oxygen atoms in total. The number of aromatic nitrogens is 2. The number of anilines is 1. The van der Waals surface area contributed by atoms with Gasteiger partial charge in [0.1, 0.15) is 5.75 Å². The van der Waals surface area contributed by atoms with Crippen LogP contribution >= 0.6 is 11.6 Å². The highest BCUT2D eigenvalue weighted by atomic mass is 35.5. The lowest BCUT2D eigenvalue weighted by Crippen LogP contribution is -2.14. The van der Waals surface area contributed by atoms with E-state index in [0.717, 1.165) is 0 Å². The zero-order valence-corrected chi connectivity index (χ0v) is 11.0. The Morgan fingerprint density at radius 2 is 2.32 bits per heavy atom. The topological polar surface area (TPSA) is 93.2 Å². The Balaban J connectivity index is 2.27. The van der Waals surface area contributed by atoms with E-state index in [4.69, 9.17) is 17.3 Å². The summed E-state index contributed by atoms with van der Waals surface area (Å²) in [6.07, 6.45) is 1.72. The SMILES string of the molecule is Cn1cc(CN)c(NC(=O)c2cc(O)ccc2Cl)n1. The number of aromatic hydroxyl groups is 1. The first kappa shape index (κ1) is 13.4. The molecule has 0 bridgehead atoms. The van der Waals surface area contributed by atoms with Crippen LogP contribution in [0.15, 0.2) is 24.4 Å². The van der Waals surface area contributed by atoms with Crippen LogP contribution in [0.1, 0.15) is 15.9 Å². The largest absolute Gasteiger partial charge is 0.508 e. The van der Waals surface area contributed by atoms with Gasteiger partial charge in [0.2, 0.25) is 0 Å². The maximum absolute atomic E-state index is 12.1. The molecule has 0 saturated heterocycles. The number of carbonyl (C=O) groups is 1. The molecule has 1 heterocycles.